The summed E-state index contributed by atoms with van der Waals surface area (Å²) in [5.74, 6) is -1.19. The first kappa shape index (κ1) is 19.3. The van der Waals surface area contributed by atoms with Crippen LogP contribution in [0.2, 0.25) is 5.02 Å². The number of aromatic nitrogens is 1. The summed E-state index contributed by atoms with van der Waals surface area (Å²) < 4.78 is 0.790. The Balaban J connectivity index is 1.73. The standard InChI is InChI=1S/C17H14ClN3O4S2/c18-9-3-1-2-8(4-9)6-20-12(24)7-26-17-13(16(19)25)14-15(27-17)10(22)5-11(23)21-14/h1-5H,6-7H2,(H2,19,25)(H,20,24)(H2,21,22,23). The molecule has 0 aliphatic heterocycles. The number of carbonyl (C=O) groups excluding carboxylic acids is 2. The fourth-order valence-electron chi connectivity index (χ4n) is 2.41. The molecular formula is C17H14ClN3O4S2. The monoisotopic (exact) mass is 423 g/mol. The predicted molar refractivity (Wildman–Crippen MR) is 107 cm³/mol. The SMILES string of the molecule is NC(=O)c1c(SCC(=O)NCc2cccc(Cl)c2)sc2c(O)cc(=O)[nH]c12. The number of fused-ring (bicyclic) bond motifs is 1. The first-order valence-electron chi connectivity index (χ1n) is 7.67. The first-order valence-corrected chi connectivity index (χ1v) is 9.85. The molecule has 0 unspecified atom stereocenters. The highest BCUT2D eigenvalue weighted by molar-refractivity contribution is 8.02. The van der Waals surface area contributed by atoms with E-state index in [2.05, 4.69) is 10.3 Å². The molecule has 10 heteroatoms. The molecule has 5 N–H and O–H groups in total. The minimum Gasteiger partial charge on any atom is -0.506 e. The largest absolute Gasteiger partial charge is 0.506 e. The molecule has 2 heterocycles. The summed E-state index contributed by atoms with van der Waals surface area (Å²) >= 11 is 8.11. The highest BCUT2D eigenvalue weighted by Crippen LogP contribution is 2.40. The summed E-state index contributed by atoms with van der Waals surface area (Å²) in [5, 5.41) is 13.3. The van der Waals surface area contributed by atoms with E-state index in [0.29, 0.717) is 20.5 Å². The van der Waals surface area contributed by atoms with Crippen LogP contribution in [0.1, 0.15) is 15.9 Å². The number of thioether (sulfide) groups is 1. The molecule has 0 bridgehead atoms. The molecule has 7 nitrogen and oxygen atoms in total. The van der Waals surface area contributed by atoms with Crippen molar-refractivity contribution < 1.29 is 14.7 Å². The summed E-state index contributed by atoms with van der Waals surface area (Å²) in [5.41, 5.74) is 6.01. The highest BCUT2D eigenvalue weighted by atomic mass is 35.5. The van der Waals surface area contributed by atoms with Gasteiger partial charge in [0.15, 0.2) is 0 Å². The van der Waals surface area contributed by atoms with Gasteiger partial charge in [0, 0.05) is 17.6 Å². The van der Waals surface area contributed by atoms with Crippen LogP contribution in [0.5, 0.6) is 5.75 Å². The van der Waals surface area contributed by atoms with Crippen molar-refractivity contribution in [1.82, 2.24) is 10.3 Å². The van der Waals surface area contributed by atoms with Crippen LogP contribution in [0.4, 0.5) is 0 Å². The van der Waals surface area contributed by atoms with Gasteiger partial charge in [0.2, 0.25) is 5.91 Å². The Bertz CT molecular complexity index is 1090. The van der Waals surface area contributed by atoms with Crippen molar-refractivity contribution in [3.05, 3.63) is 56.8 Å². The van der Waals surface area contributed by atoms with Gasteiger partial charge in [-0.05, 0) is 17.7 Å². The van der Waals surface area contributed by atoms with Gasteiger partial charge in [-0.2, -0.15) is 0 Å². The molecule has 27 heavy (non-hydrogen) atoms. The molecule has 140 valence electrons. The second kappa shape index (κ2) is 8.03. The number of hydrogen-bond acceptors (Lipinski definition) is 6. The Hall–Kier alpha value is -2.49. The summed E-state index contributed by atoms with van der Waals surface area (Å²) in [6, 6.07) is 8.16. The minimum atomic E-state index is -0.746. The molecule has 3 aromatic rings. The maximum Gasteiger partial charge on any atom is 0.252 e. The van der Waals surface area contributed by atoms with E-state index >= 15 is 0 Å². The fourth-order valence-corrected chi connectivity index (χ4v) is 4.91. The predicted octanol–water partition coefficient (Wildman–Crippen LogP) is 2.46. The van der Waals surface area contributed by atoms with Crippen molar-refractivity contribution in [1.29, 1.82) is 0 Å². The Morgan fingerprint density at radius 1 is 1.33 bits per heavy atom. The molecule has 0 saturated carbocycles. The normalized spacial score (nSPS) is 10.9. The summed E-state index contributed by atoms with van der Waals surface area (Å²) in [7, 11) is 0. The third kappa shape index (κ3) is 4.44. The summed E-state index contributed by atoms with van der Waals surface area (Å²) in [6.07, 6.45) is 0. The van der Waals surface area contributed by atoms with Crippen molar-refractivity contribution in [3.63, 3.8) is 0 Å². The van der Waals surface area contributed by atoms with E-state index in [1.165, 1.54) is 0 Å². The lowest BCUT2D eigenvalue weighted by atomic mass is 10.2. The number of pyridine rings is 1. The maximum absolute atomic E-state index is 12.1. The number of halogens is 1. The third-order valence-electron chi connectivity index (χ3n) is 3.58. The number of primary amides is 1. The molecule has 2 aromatic heterocycles. The lowest BCUT2D eigenvalue weighted by Gasteiger charge is -2.05. The van der Waals surface area contributed by atoms with Gasteiger partial charge in [-0.1, -0.05) is 23.7 Å². The van der Waals surface area contributed by atoms with Crippen molar-refractivity contribution >= 4 is 56.7 Å². The van der Waals surface area contributed by atoms with Crippen LogP contribution in [0.25, 0.3) is 10.2 Å². The van der Waals surface area contributed by atoms with Gasteiger partial charge in [-0.15, -0.1) is 23.1 Å². The first-order chi connectivity index (χ1) is 12.8. The van der Waals surface area contributed by atoms with E-state index in [1.54, 1.807) is 18.2 Å². The number of carbonyl (C=O) groups is 2. The Kier molecular flexibility index (Phi) is 5.73. The molecule has 0 aliphatic rings. The number of aromatic amines is 1. The van der Waals surface area contributed by atoms with Crippen LogP contribution in [-0.2, 0) is 11.3 Å². The van der Waals surface area contributed by atoms with Crippen molar-refractivity contribution in [3.8, 4) is 5.75 Å². The summed E-state index contributed by atoms with van der Waals surface area (Å²) in [4.78, 5) is 38.0. The smallest absolute Gasteiger partial charge is 0.252 e. The number of thiophene rings is 1. The van der Waals surface area contributed by atoms with Crippen molar-refractivity contribution in [2.45, 2.75) is 10.8 Å². The van der Waals surface area contributed by atoms with Crippen LogP contribution in [0.15, 0.2) is 39.3 Å². The number of rotatable bonds is 6. The van der Waals surface area contributed by atoms with Crippen LogP contribution >= 0.6 is 34.7 Å². The lowest BCUT2D eigenvalue weighted by Crippen LogP contribution is -2.24. The van der Waals surface area contributed by atoms with E-state index in [-0.39, 0.29) is 28.5 Å². The minimum absolute atomic E-state index is 0.0403. The molecule has 0 radical (unpaired) electrons. The Morgan fingerprint density at radius 3 is 2.81 bits per heavy atom. The van der Waals surface area contributed by atoms with Gasteiger partial charge in [0.1, 0.15) is 5.75 Å². The van der Waals surface area contributed by atoms with Crippen molar-refractivity contribution in [2.24, 2.45) is 5.73 Å². The Morgan fingerprint density at radius 2 is 2.11 bits per heavy atom. The number of H-pyrrole nitrogens is 1. The molecule has 0 saturated heterocycles. The van der Waals surface area contributed by atoms with Gasteiger partial charge in [0.05, 0.1) is 25.7 Å². The quantitative estimate of drug-likeness (QED) is 0.453. The van der Waals surface area contributed by atoms with E-state index < -0.39 is 11.5 Å². The third-order valence-corrected chi connectivity index (χ3v) is 6.30. The van der Waals surface area contributed by atoms with E-state index in [1.807, 2.05) is 6.07 Å². The van der Waals surface area contributed by atoms with Crippen LogP contribution in [0.3, 0.4) is 0 Å². The summed E-state index contributed by atoms with van der Waals surface area (Å²) in [6.45, 7) is 0.323. The van der Waals surface area contributed by atoms with Gasteiger partial charge < -0.3 is 21.1 Å². The number of nitrogens with one attached hydrogen (secondary N) is 2. The topological polar surface area (TPSA) is 125 Å². The average Bonchev–Trinajstić information content (AvgIpc) is 2.97. The molecule has 0 aliphatic carbocycles. The van der Waals surface area contributed by atoms with Crippen LogP contribution in [0, 0.1) is 0 Å². The number of hydrogen-bond donors (Lipinski definition) is 4. The second-order valence-corrected chi connectivity index (χ2v) is 8.25. The van der Waals surface area contributed by atoms with E-state index in [9.17, 15) is 19.5 Å². The number of nitrogens with two attached hydrogens (primary N) is 1. The van der Waals surface area contributed by atoms with Crippen molar-refractivity contribution in [2.75, 3.05) is 5.75 Å². The zero-order valence-corrected chi connectivity index (χ0v) is 16.1. The zero-order valence-electron chi connectivity index (χ0n) is 13.7. The maximum atomic E-state index is 12.1. The molecule has 0 atom stereocenters. The van der Waals surface area contributed by atoms with E-state index in [0.717, 1.165) is 34.7 Å². The molecular weight excluding hydrogens is 410 g/mol. The van der Waals surface area contributed by atoms with Gasteiger partial charge in [-0.25, -0.2) is 0 Å². The number of amides is 2. The van der Waals surface area contributed by atoms with E-state index in [4.69, 9.17) is 17.3 Å². The van der Waals surface area contributed by atoms with Gasteiger partial charge in [-0.3, -0.25) is 14.4 Å². The fraction of sp³-hybridized carbons (Fsp3) is 0.118. The Labute approximate surface area is 166 Å². The number of aromatic hydroxyl groups is 1. The lowest BCUT2D eigenvalue weighted by molar-refractivity contribution is -0.118. The molecule has 0 spiro atoms. The van der Waals surface area contributed by atoms with Crippen LogP contribution < -0.4 is 16.6 Å². The highest BCUT2D eigenvalue weighted by Gasteiger charge is 2.21. The number of benzene rings is 1. The molecule has 2 amide bonds. The average molecular weight is 424 g/mol. The zero-order chi connectivity index (χ0) is 19.6. The van der Waals surface area contributed by atoms with Gasteiger partial charge in [0.25, 0.3) is 11.5 Å². The molecule has 3 rings (SSSR count). The van der Waals surface area contributed by atoms with Gasteiger partial charge >= 0.3 is 0 Å². The molecule has 0 fully saturated rings. The second-order valence-electron chi connectivity index (χ2n) is 5.55. The molecule has 1 aromatic carbocycles. The van der Waals surface area contributed by atoms with Crippen LogP contribution in [-0.4, -0.2) is 27.7 Å².